The third kappa shape index (κ3) is 4.12. The van der Waals surface area contributed by atoms with Crippen LogP contribution in [0.3, 0.4) is 0 Å². The van der Waals surface area contributed by atoms with Crippen LogP contribution in [0.25, 0.3) is 11.3 Å². The van der Waals surface area contributed by atoms with Crippen molar-refractivity contribution in [3.05, 3.63) is 35.2 Å². The summed E-state index contributed by atoms with van der Waals surface area (Å²) in [5.74, 6) is 0.756. The molecule has 2 N–H and O–H groups in total. The number of benzene rings is 1. The Labute approximate surface area is 128 Å². The lowest BCUT2D eigenvalue weighted by Gasteiger charge is -2.03. The number of anilines is 1. The number of hydrogen-bond donors (Lipinski definition) is 2. The van der Waals surface area contributed by atoms with Gasteiger partial charge in [0.15, 0.2) is 5.13 Å². The second-order valence-corrected chi connectivity index (χ2v) is 6.38. The van der Waals surface area contributed by atoms with E-state index in [1.165, 1.54) is 29.7 Å². The van der Waals surface area contributed by atoms with E-state index in [1.807, 2.05) is 17.5 Å². The van der Waals surface area contributed by atoms with E-state index < -0.39 is 0 Å². The molecule has 1 aliphatic carbocycles. The number of thiazole rings is 1. The fourth-order valence-electron chi connectivity index (χ4n) is 2.06. The van der Waals surface area contributed by atoms with Crippen LogP contribution >= 0.6 is 11.3 Å². The summed E-state index contributed by atoms with van der Waals surface area (Å²) in [6.45, 7) is 3.36. The first-order valence-electron chi connectivity index (χ1n) is 7.24. The number of rotatable bonds is 6. The molecule has 1 heterocycles. The van der Waals surface area contributed by atoms with E-state index in [1.54, 1.807) is 0 Å². The summed E-state index contributed by atoms with van der Waals surface area (Å²) in [6, 6.07) is 8.23. The van der Waals surface area contributed by atoms with Crippen molar-refractivity contribution in [2.24, 2.45) is 5.92 Å². The van der Waals surface area contributed by atoms with Crippen LogP contribution in [0.15, 0.2) is 29.6 Å². The van der Waals surface area contributed by atoms with Gasteiger partial charge in [-0.05, 0) is 32.2 Å². The van der Waals surface area contributed by atoms with E-state index in [2.05, 4.69) is 34.7 Å². The molecule has 2 aromatic rings. The maximum absolute atomic E-state index is 11.8. The number of carbonyl (C=O) groups excluding carboxylic acids is 1. The molecule has 4 nitrogen and oxygen atoms in total. The minimum Gasteiger partial charge on any atom is -0.308 e. The Morgan fingerprint density at radius 3 is 2.81 bits per heavy atom. The molecule has 1 amide bonds. The second kappa shape index (κ2) is 6.37. The van der Waals surface area contributed by atoms with Crippen LogP contribution in [-0.4, -0.2) is 24.0 Å². The number of aromatic nitrogens is 1. The van der Waals surface area contributed by atoms with Gasteiger partial charge < -0.3 is 10.6 Å². The summed E-state index contributed by atoms with van der Waals surface area (Å²) in [4.78, 5) is 16.3. The number of aryl methyl sites for hydroxylation is 1. The fraction of sp³-hybridized carbons (Fsp3) is 0.375. The molecule has 1 saturated carbocycles. The predicted molar refractivity (Wildman–Crippen MR) is 86.5 cm³/mol. The molecule has 1 fully saturated rings. The van der Waals surface area contributed by atoms with Gasteiger partial charge in [-0.25, -0.2) is 4.98 Å². The van der Waals surface area contributed by atoms with Crippen LogP contribution in [0.4, 0.5) is 5.13 Å². The molecule has 0 aliphatic heterocycles. The summed E-state index contributed by atoms with van der Waals surface area (Å²) >= 11 is 1.46. The van der Waals surface area contributed by atoms with Crippen LogP contribution in [0.1, 0.15) is 18.4 Å². The molecule has 21 heavy (non-hydrogen) atoms. The lowest BCUT2D eigenvalue weighted by Crippen LogP contribution is -2.29. The zero-order chi connectivity index (χ0) is 14.7. The van der Waals surface area contributed by atoms with Crippen molar-refractivity contribution in [3.63, 3.8) is 0 Å². The van der Waals surface area contributed by atoms with Gasteiger partial charge in [0.05, 0.1) is 12.2 Å². The van der Waals surface area contributed by atoms with Crippen LogP contribution in [0.2, 0.25) is 0 Å². The smallest absolute Gasteiger partial charge is 0.240 e. The highest BCUT2D eigenvalue weighted by Gasteiger charge is 2.20. The van der Waals surface area contributed by atoms with Gasteiger partial charge in [-0.2, -0.15) is 0 Å². The Kier molecular flexibility index (Phi) is 4.31. The van der Waals surface area contributed by atoms with Crippen LogP contribution in [-0.2, 0) is 4.79 Å². The number of nitrogens with one attached hydrogen (secondary N) is 2. The predicted octanol–water partition coefficient (Wildman–Crippen LogP) is 3.06. The van der Waals surface area contributed by atoms with E-state index >= 15 is 0 Å². The standard InChI is InChI=1S/C16H19N3OS/c1-11-2-6-13(7-3-11)14-10-21-16(18-14)19-15(20)9-17-8-12-4-5-12/h2-3,6-7,10,12,17H,4-5,8-9H2,1H3,(H,18,19,20). The van der Waals surface area contributed by atoms with E-state index in [4.69, 9.17) is 0 Å². The zero-order valence-corrected chi connectivity index (χ0v) is 12.9. The summed E-state index contributed by atoms with van der Waals surface area (Å²) in [6.07, 6.45) is 2.59. The molecule has 0 unspecified atom stereocenters. The molecule has 0 atom stereocenters. The van der Waals surface area contributed by atoms with Gasteiger partial charge in [0.25, 0.3) is 0 Å². The Hall–Kier alpha value is -1.72. The van der Waals surface area contributed by atoms with E-state index in [0.29, 0.717) is 11.7 Å². The maximum atomic E-state index is 11.8. The van der Waals surface area contributed by atoms with Crippen molar-refractivity contribution in [1.82, 2.24) is 10.3 Å². The van der Waals surface area contributed by atoms with E-state index in [-0.39, 0.29) is 5.91 Å². The largest absolute Gasteiger partial charge is 0.308 e. The van der Waals surface area contributed by atoms with Gasteiger partial charge in [0.2, 0.25) is 5.91 Å². The third-order valence-electron chi connectivity index (χ3n) is 3.51. The first kappa shape index (κ1) is 14.2. The summed E-state index contributed by atoms with van der Waals surface area (Å²) < 4.78 is 0. The van der Waals surface area contributed by atoms with Crippen molar-refractivity contribution in [1.29, 1.82) is 0 Å². The second-order valence-electron chi connectivity index (χ2n) is 5.53. The summed E-state index contributed by atoms with van der Waals surface area (Å²) in [5, 5.41) is 8.65. The highest BCUT2D eigenvalue weighted by atomic mass is 32.1. The Morgan fingerprint density at radius 2 is 2.10 bits per heavy atom. The van der Waals surface area contributed by atoms with Gasteiger partial charge in [0.1, 0.15) is 0 Å². The number of amides is 1. The van der Waals surface area contributed by atoms with Gasteiger partial charge in [-0.1, -0.05) is 29.8 Å². The van der Waals surface area contributed by atoms with E-state index in [0.717, 1.165) is 23.7 Å². The lowest BCUT2D eigenvalue weighted by atomic mass is 10.1. The van der Waals surface area contributed by atoms with Crippen molar-refractivity contribution < 1.29 is 4.79 Å². The van der Waals surface area contributed by atoms with Crippen molar-refractivity contribution in [2.45, 2.75) is 19.8 Å². The molecular weight excluding hydrogens is 282 g/mol. The van der Waals surface area contributed by atoms with Crippen molar-refractivity contribution >= 4 is 22.4 Å². The molecule has 110 valence electrons. The average molecular weight is 301 g/mol. The van der Waals surface area contributed by atoms with Crippen LogP contribution in [0.5, 0.6) is 0 Å². The monoisotopic (exact) mass is 301 g/mol. The van der Waals surface area contributed by atoms with E-state index in [9.17, 15) is 4.79 Å². The molecule has 0 saturated heterocycles. The van der Waals surface area contributed by atoms with Crippen LogP contribution < -0.4 is 10.6 Å². The van der Waals surface area contributed by atoms with Gasteiger partial charge >= 0.3 is 0 Å². The molecular formula is C16H19N3OS. The molecule has 5 heteroatoms. The third-order valence-corrected chi connectivity index (χ3v) is 4.27. The molecule has 0 radical (unpaired) electrons. The van der Waals surface area contributed by atoms with Crippen molar-refractivity contribution in [3.8, 4) is 11.3 Å². The Bertz CT molecular complexity index is 617. The number of nitrogens with zero attached hydrogens (tertiary/aromatic N) is 1. The minimum absolute atomic E-state index is 0.0274. The Morgan fingerprint density at radius 1 is 1.33 bits per heavy atom. The topological polar surface area (TPSA) is 54.0 Å². The highest BCUT2D eigenvalue weighted by molar-refractivity contribution is 7.14. The Balaban J connectivity index is 1.54. The number of hydrogen-bond acceptors (Lipinski definition) is 4. The molecule has 1 aromatic carbocycles. The molecule has 0 spiro atoms. The van der Waals surface area contributed by atoms with Gasteiger partial charge in [-0.15, -0.1) is 11.3 Å². The SMILES string of the molecule is Cc1ccc(-c2csc(NC(=O)CNCC3CC3)n2)cc1. The molecule has 3 rings (SSSR count). The first-order chi connectivity index (χ1) is 10.2. The zero-order valence-electron chi connectivity index (χ0n) is 12.1. The minimum atomic E-state index is -0.0274. The lowest BCUT2D eigenvalue weighted by molar-refractivity contribution is -0.115. The quantitative estimate of drug-likeness (QED) is 0.862. The molecule has 1 aromatic heterocycles. The fourth-order valence-corrected chi connectivity index (χ4v) is 2.80. The van der Waals surface area contributed by atoms with Gasteiger partial charge in [0, 0.05) is 10.9 Å². The normalized spacial score (nSPS) is 14.1. The summed E-state index contributed by atoms with van der Waals surface area (Å²) in [7, 11) is 0. The van der Waals surface area contributed by atoms with Crippen LogP contribution in [0, 0.1) is 12.8 Å². The maximum Gasteiger partial charge on any atom is 0.240 e. The highest BCUT2D eigenvalue weighted by Crippen LogP contribution is 2.27. The average Bonchev–Trinajstić information content (AvgIpc) is 3.18. The molecule has 1 aliphatic rings. The van der Waals surface area contributed by atoms with Crippen molar-refractivity contribution in [2.75, 3.05) is 18.4 Å². The molecule has 0 bridgehead atoms. The van der Waals surface area contributed by atoms with Gasteiger partial charge in [-0.3, -0.25) is 4.79 Å². The number of carbonyl (C=O) groups is 1. The summed E-state index contributed by atoms with van der Waals surface area (Å²) in [5.41, 5.74) is 3.20. The first-order valence-corrected chi connectivity index (χ1v) is 8.12.